The molecule has 3 rings (SSSR count). The van der Waals surface area contributed by atoms with E-state index in [1.807, 2.05) is 6.07 Å². The number of carbonyl (C=O) groups is 3. The normalized spacial score (nSPS) is 11.2. The summed E-state index contributed by atoms with van der Waals surface area (Å²) in [5, 5.41) is 8.64. The van der Waals surface area contributed by atoms with Gasteiger partial charge in [0.1, 0.15) is 0 Å². The van der Waals surface area contributed by atoms with E-state index in [0.717, 1.165) is 23.3 Å². The predicted octanol–water partition coefficient (Wildman–Crippen LogP) is 5.09. The van der Waals surface area contributed by atoms with Crippen LogP contribution in [0.5, 0.6) is 11.5 Å². The first kappa shape index (κ1) is 30.0. The zero-order chi connectivity index (χ0) is 29.4. The summed E-state index contributed by atoms with van der Waals surface area (Å²) in [6.45, 7) is 3.02. The summed E-state index contributed by atoms with van der Waals surface area (Å²) >= 11 is 6.26. The Hall–Kier alpha value is -4.58. The quantitative estimate of drug-likeness (QED) is 0.196. The summed E-state index contributed by atoms with van der Waals surface area (Å²) in [6, 6.07) is 12.4. The van der Waals surface area contributed by atoms with Gasteiger partial charge in [0, 0.05) is 11.4 Å². The third-order valence-electron chi connectivity index (χ3n) is 5.38. The molecule has 210 valence electrons. The molecule has 0 heterocycles. The van der Waals surface area contributed by atoms with E-state index in [-0.39, 0.29) is 22.2 Å². The highest BCUT2D eigenvalue weighted by molar-refractivity contribution is 6.39. The summed E-state index contributed by atoms with van der Waals surface area (Å²) < 4.78 is 49.3. The number of ether oxygens (including phenoxy) is 2. The number of nitrogens with zero attached hydrogens (tertiary/aromatic N) is 1. The lowest BCUT2D eigenvalue weighted by molar-refractivity contribution is -0.137. The van der Waals surface area contributed by atoms with Crippen molar-refractivity contribution in [2.45, 2.75) is 20.0 Å². The summed E-state index contributed by atoms with van der Waals surface area (Å²) in [5.41, 5.74) is 3.63. The van der Waals surface area contributed by atoms with Crippen molar-refractivity contribution in [3.05, 3.63) is 81.9 Å². The molecule has 0 atom stereocenters. The molecular weight excluding hydrogens is 553 g/mol. The van der Waals surface area contributed by atoms with E-state index >= 15 is 0 Å². The third-order valence-corrected chi connectivity index (χ3v) is 5.66. The second kappa shape index (κ2) is 13.0. The lowest BCUT2D eigenvalue weighted by Crippen LogP contribution is -2.32. The number of para-hydroxylation sites is 1. The molecule has 0 bridgehead atoms. The molecule has 0 saturated heterocycles. The number of aryl methyl sites for hydroxylation is 2. The zero-order valence-corrected chi connectivity index (χ0v) is 22.2. The van der Waals surface area contributed by atoms with Gasteiger partial charge in [-0.1, -0.05) is 35.9 Å². The number of amides is 3. The first-order valence-electron chi connectivity index (χ1n) is 11.6. The predicted molar refractivity (Wildman–Crippen MR) is 144 cm³/mol. The Morgan fingerprint density at radius 1 is 0.975 bits per heavy atom. The second-order valence-electron chi connectivity index (χ2n) is 8.37. The van der Waals surface area contributed by atoms with Crippen molar-refractivity contribution in [3.63, 3.8) is 0 Å². The smallest absolute Gasteiger partial charge is 0.416 e. The fourth-order valence-corrected chi connectivity index (χ4v) is 3.73. The van der Waals surface area contributed by atoms with Gasteiger partial charge in [0.05, 0.1) is 23.9 Å². The number of halogens is 4. The summed E-state index contributed by atoms with van der Waals surface area (Å²) in [6.07, 6.45) is -3.35. The molecular formula is C27H24ClF3N4O5. The molecule has 0 spiro atoms. The van der Waals surface area contributed by atoms with E-state index in [1.165, 1.54) is 37.6 Å². The Bertz CT molecular complexity index is 1440. The molecule has 40 heavy (non-hydrogen) atoms. The van der Waals surface area contributed by atoms with Crippen LogP contribution in [0.1, 0.15) is 22.3 Å². The van der Waals surface area contributed by atoms with E-state index in [4.69, 9.17) is 21.1 Å². The highest BCUT2D eigenvalue weighted by Gasteiger charge is 2.30. The van der Waals surface area contributed by atoms with Crippen LogP contribution in [0.15, 0.2) is 59.7 Å². The van der Waals surface area contributed by atoms with E-state index in [0.29, 0.717) is 11.3 Å². The molecule has 3 N–H and O–H groups in total. The van der Waals surface area contributed by atoms with Crippen molar-refractivity contribution in [2.24, 2.45) is 5.10 Å². The molecule has 0 unspecified atom stereocenters. The number of methoxy groups -OCH3 is 1. The molecule has 3 aromatic carbocycles. The van der Waals surface area contributed by atoms with Crippen LogP contribution < -0.4 is 25.5 Å². The Balaban J connectivity index is 1.60. The molecule has 0 aliphatic heterocycles. The second-order valence-corrected chi connectivity index (χ2v) is 8.78. The van der Waals surface area contributed by atoms with Gasteiger partial charge < -0.3 is 20.1 Å². The van der Waals surface area contributed by atoms with E-state index in [1.54, 1.807) is 26.0 Å². The van der Waals surface area contributed by atoms with Gasteiger partial charge in [0.15, 0.2) is 18.1 Å². The maximum absolute atomic E-state index is 12.9. The van der Waals surface area contributed by atoms with Crippen LogP contribution in [-0.2, 0) is 20.6 Å². The number of nitrogens with one attached hydrogen (secondary N) is 3. The van der Waals surface area contributed by atoms with Gasteiger partial charge in [0.2, 0.25) is 0 Å². The van der Waals surface area contributed by atoms with Crippen molar-refractivity contribution in [2.75, 3.05) is 24.4 Å². The number of hydrogen-bond donors (Lipinski definition) is 3. The Morgan fingerprint density at radius 2 is 1.65 bits per heavy atom. The lowest BCUT2D eigenvalue weighted by atomic mass is 10.1. The summed E-state index contributed by atoms with van der Waals surface area (Å²) in [7, 11) is 1.32. The Kier molecular flexibility index (Phi) is 9.73. The maximum atomic E-state index is 12.9. The summed E-state index contributed by atoms with van der Waals surface area (Å²) in [5.74, 6) is -2.52. The number of alkyl halides is 3. The summed E-state index contributed by atoms with van der Waals surface area (Å²) in [4.78, 5) is 36.6. The molecule has 0 aromatic heterocycles. The topological polar surface area (TPSA) is 118 Å². The SMILES string of the molecule is COc1cc(/C=N\NC(=O)C(=O)Nc2c(C)cccc2C)cc(Cl)c1OCC(=O)Nc1cccc(C(F)(F)F)c1. The van der Waals surface area contributed by atoms with Crippen LogP contribution in [0.3, 0.4) is 0 Å². The monoisotopic (exact) mass is 576 g/mol. The molecule has 0 aliphatic rings. The minimum absolute atomic E-state index is 0.00229. The first-order chi connectivity index (χ1) is 18.9. The fourth-order valence-electron chi connectivity index (χ4n) is 3.46. The maximum Gasteiger partial charge on any atom is 0.416 e. The minimum atomic E-state index is -4.56. The van der Waals surface area contributed by atoms with Crippen molar-refractivity contribution >= 4 is 46.9 Å². The van der Waals surface area contributed by atoms with Crippen LogP contribution in [0.2, 0.25) is 5.02 Å². The van der Waals surface area contributed by atoms with Crippen molar-refractivity contribution in [1.82, 2.24) is 5.43 Å². The van der Waals surface area contributed by atoms with Gasteiger partial charge in [-0.2, -0.15) is 18.3 Å². The van der Waals surface area contributed by atoms with Gasteiger partial charge in [-0.25, -0.2) is 5.43 Å². The lowest BCUT2D eigenvalue weighted by Gasteiger charge is -2.14. The Labute approximate surface area is 232 Å². The van der Waals surface area contributed by atoms with E-state index in [9.17, 15) is 27.6 Å². The molecule has 0 fully saturated rings. The molecule has 9 nitrogen and oxygen atoms in total. The largest absolute Gasteiger partial charge is 0.493 e. The number of carbonyl (C=O) groups excluding carboxylic acids is 3. The third kappa shape index (κ3) is 7.96. The Morgan fingerprint density at radius 3 is 2.30 bits per heavy atom. The average molecular weight is 577 g/mol. The van der Waals surface area contributed by atoms with Crippen LogP contribution in [0.25, 0.3) is 0 Å². The van der Waals surface area contributed by atoms with Gasteiger partial charge in [-0.15, -0.1) is 0 Å². The van der Waals surface area contributed by atoms with Crippen LogP contribution in [-0.4, -0.2) is 37.7 Å². The van der Waals surface area contributed by atoms with Crippen molar-refractivity contribution in [1.29, 1.82) is 0 Å². The van der Waals surface area contributed by atoms with E-state index < -0.39 is 36.1 Å². The first-order valence-corrected chi connectivity index (χ1v) is 11.9. The van der Waals surface area contributed by atoms with E-state index in [2.05, 4.69) is 21.2 Å². The van der Waals surface area contributed by atoms with Gasteiger partial charge >= 0.3 is 18.0 Å². The molecule has 0 aliphatic carbocycles. The average Bonchev–Trinajstić information content (AvgIpc) is 2.89. The number of benzene rings is 3. The molecule has 0 radical (unpaired) electrons. The van der Waals surface area contributed by atoms with Gasteiger partial charge in [-0.05, 0) is 60.9 Å². The standard InChI is InChI=1S/C27H24ClF3N4O5/c1-15-6-4-7-16(2)23(15)34-25(37)26(38)35-32-13-17-10-20(28)24(21(11-17)39-3)40-14-22(36)33-19-9-5-8-18(12-19)27(29,30)31/h4-13H,14H2,1-3H3,(H,33,36)(H,34,37)(H,35,38)/b32-13-. The fraction of sp³-hybridized carbons (Fsp3) is 0.185. The number of hydrogen-bond acceptors (Lipinski definition) is 6. The van der Waals surface area contributed by atoms with Crippen molar-refractivity contribution < 1.29 is 37.0 Å². The molecule has 3 amide bonds. The highest BCUT2D eigenvalue weighted by Crippen LogP contribution is 2.36. The zero-order valence-electron chi connectivity index (χ0n) is 21.5. The number of anilines is 2. The van der Waals surface area contributed by atoms with Crippen LogP contribution in [0, 0.1) is 13.8 Å². The minimum Gasteiger partial charge on any atom is -0.493 e. The number of rotatable bonds is 8. The highest BCUT2D eigenvalue weighted by atomic mass is 35.5. The number of hydrazone groups is 1. The van der Waals surface area contributed by atoms with Crippen LogP contribution in [0.4, 0.5) is 24.5 Å². The van der Waals surface area contributed by atoms with Gasteiger partial charge in [-0.3, -0.25) is 14.4 Å². The van der Waals surface area contributed by atoms with Crippen molar-refractivity contribution in [3.8, 4) is 11.5 Å². The van der Waals surface area contributed by atoms with Crippen LogP contribution >= 0.6 is 11.6 Å². The van der Waals surface area contributed by atoms with Gasteiger partial charge in [0.25, 0.3) is 5.91 Å². The molecule has 13 heteroatoms. The molecule has 0 saturated carbocycles. The molecule has 3 aromatic rings.